The maximum atomic E-state index is 14.1. The summed E-state index contributed by atoms with van der Waals surface area (Å²) < 4.78 is 25.6. The Balaban J connectivity index is 1.73. The van der Waals surface area contributed by atoms with Crippen molar-refractivity contribution in [1.29, 1.82) is 0 Å². The molecule has 3 aliphatic rings. The zero-order chi connectivity index (χ0) is 19.5. The van der Waals surface area contributed by atoms with Crippen molar-refractivity contribution in [1.82, 2.24) is 0 Å². The predicted molar refractivity (Wildman–Crippen MR) is 104 cm³/mol. The van der Waals surface area contributed by atoms with E-state index in [9.17, 15) is 9.18 Å². The van der Waals surface area contributed by atoms with Gasteiger partial charge >= 0.3 is 0 Å². The summed E-state index contributed by atoms with van der Waals surface area (Å²) in [7, 11) is 0. The first-order valence-electron chi connectivity index (χ1n) is 9.64. The Bertz CT molecular complexity index is 1020. The fraction of sp³-hybridized carbons (Fsp3) is 0.348. The predicted octanol–water partition coefficient (Wildman–Crippen LogP) is 4.80. The molecule has 2 heterocycles. The number of rotatable bonds is 1. The first kappa shape index (κ1) is 17.3. The maximum Gasteiger partial charge on any atom is 0.163 e. The van der Waals surface area contributed by atoms with Crippen LogP contribution in [0.15, 0.2) is 47.7 Å². The van der Waals surface area contributed by atoms with Crippen LogP contribution in [-0.2, 0) is 4.79 Å². The summed E-state index contributed by atoms with van der Waals surface area (Å²) in [5, 5.41) is 3.48. The lowest BCUT2D eigenvalue weighted by atomic mass is 9.68. The number of carbonyl (C=O) groups excluding carboxylic acids is 1. The van der Waals surface area contributed by atoms with Crippen molar-refractivity contribution in [2.45, 2.75) is 32.6 Å². The molecular formula is C23H22FNO3. The molecule has 0 fully saturated rings. The SMILES string of the molecule is CC1(C)CC(=O)C2=C(C1)Nc1cc3c(cc1[C@H]2c1cccc(F)c1)OCCO3. The maximum absolute atomic E-state index is 14.1. The standard InChI is InChI=1S/C23H22FNO3/c1-23(2)11-17-22(18(26)12-23)21(13-4-3-5-14(24)8-13)15-9-19-20(10-16(15)25-17)28-7-6-27-19/h3-5,8-10,21,25H,6-7,11-12H2,1-2H3/t21-/m1/s1. The van der Waals surface area contributed by atoms with E-state index in [-0.39, 0.29) is 22.9 Å². The summed E-state index contributed by atoms with van der Waals surface area (Å²) in [6.07, 6.45) is 1.26. The van der Waals surface area contributed by atoms with E-state index in [0.717, 1.165) is 34.5 Å². The van der Waals surface area contributed by atoms with Crippen LogP contribution >= 0.6 is 0 Å². The first-order chi connectivity index (χ1) is 13.4. The van der Waals surface area contributed by atoms with Gasteiger partial charge in [0.15, 0.2) is 17.3 Å². The van der Waals surface area contributed by atoms with Gasteiger partial charge in [0, 0.05) is 35.4 Å². The van der Waals surface area contributed by atoms with E-state index in [1.807, 2.05) is 18.2 Å². The number of benzene rings is 2. The lowest BCUT2D eigenvalue weighted by Crippen LogP contribution is -2.34. The number of anilines is 1. The Labute approximate surface area is 163 Å². The minimum atomic E-state index is -0.318. The number of nitrogens with one attached hydrogen (secondary N) is 1. The van der Waals surface area contributed by atoms with Gasteiger partial charge in [-0.1, -0.05) is 26.0 Å². The van der Waals surface area contributed by atoms with Crippen molar-refractivity contribution in [2.24, 2.45) is 5.41 Å². The molecule has 2 aliphatic heterocycles. The Morgan fingerprint density at radius 3 is 2.57 bits per heavy atom. The van der Waals surface area contributed by atoms with Crippen molar-refractivity contribution in [3.05, 3.63) is 64.6 Å². The summed E-state index contributed by atoms with van der Waals surface area (Å²) in [5.41, 5.74) is 4.15. The van der Waals surface area contributed by atoms with E-state index in [4.69, 9.17) is 9.47 Å². The van der Waals surface area contributed by atoms with E-state index in [0.29, 0.717) is 31.1 Å². The Kier molecular flexibility index (Phi) is 3.76. The summed E-state index contributed by atoms with van der Waals surface area (Å²) in [6, 6.07) is 10.4. The van der Waals surface area contributed by atoms with Gasteiger partial charge in [0.1, 0.15) is 19.0 Å². The smallest absolute Gasteiger partial charge is 0.163 e. The van der Waals surface area contributed by atoms with E-state index in [1.165, 1.54) is 12.1 Å². The topological polar surface area (TPSA) is 47.6 Å². The van der Waals surface area contributed by atoms with E-state index >= 15 is 0 Å². The summed E-state index contributed by atoms with van der Waals surface area (Å²) in [6.45, 7) is 5.21. The number of ketones is 1. The highest BCUT2D eigenvalue weighted by atomic mass is 19.1. The highest BCUT2D eigenvalue weighted by Crippen LogP contribution is 2.51. The number of hydrogen-bond acceptors (Lipinski definition) is 4. The zero-order valence-electron chi connectivity index (χ0n) is 16.0. The van der Waals surface area contributed by atoms with Crippen LogP contribution < -0.4 is 14.8 Å². The molecule has 28 heavy (non-hydrogen) atoms. The van der Waals surface area contributed by atoms with Crippen molar-refractivity contribution < 1.29 is 18.7 Å². The number of hydrogen-bond donors (Lipinski definition) is 1. The van der Waals surface area contributed by atoms with Crippen LogP contribution in [0.3, 0.4) is 0 Å². The fourth-order valence-electron chi connectivity index (χ4n) is 4.58. The van der Waals surface area contributed by atoms with Gasteiger partial charge in [-0.15, -0.1) is 0 Å². The average molecular weight is 379 g/mol. The number of fused-ring (bicyclic) bond motifs is 2. The van der Waals surface area contributed by atoms with Crippen LogP contribution in [0.4, 0.5) is 10.1 Å². The molecule has 0 radical (unpaired) electrons. The number of allylic oxidation sites excluding steroid dienone is 2. The summed E-state index contributed by atoms with van der Waals surface area (Å²) >= 11 is 0. The highest BCUT2D eigenvalue weighted by Gasteiger charge is 2.41. The quantitative estimate of drug-likeness (QED) is 0.773. The fourth-order valence-corrected chi connectivity index (χ4v) is 4.58. The molecule has 0 bridgehead atoms. The van der Waals surface area contributed by atoms with Gasteiger partial charge in [0.25, 0.3) is 0 Å². The van der Waals surface area contributed by atoms with E-state index in [1.54, 1.807) is 6.07 Å². The largest absolute Gasteiger partial charge is 0.486 e. The van der Waals surface area contributed by atoms with Crippen molar-refractivity contribution in [3.8, 4) is 11.5 Å². The van der Waals surface area contributed by atoms with Crippen molar-refractivity contribution >= 4 is 11.5 Å². The monoisotopic (exact) mass is 379 g/mol. The summed E-state index contributed by atoms with van der Waals surface area (Å²) in [5.74, 6) is 0.859. The third-order valence-electron chi connectivity index (χ3n) is 5.70. The number of carbonyl (C=O) groups is 1. The Morgan fingerprint density at radius 2 is 1.82 bits per heavy atom. The number of halogens is 1. The molecule has 2 aromatic carbocycles. The van der Waals surface area contributed by atoms with Gasteiger partial charge in [-0.2, -0.15) is 0 Å². The lowest BCUT2D eigenvalue weighted by molar-refractivity contribution is -0.118. The third-order valence-corrected chi connectivity index (χ3v) is 5.70. The Morgan fingerprint density at radius 1 is 1.07 bits per heavy atom. The van der Waals surface area contributed by atoms with E-state index < -0.39 is 0 Å². The second-order valence-corrected chi connectivity index (χ2v) is 8.53. The molecular weight excluding hydrogens is 357 g/mol. The third kappa shape index (κ3) is 2.77. The molecule has 0 amide bonds. The molecule has 0 spiro atoms. The molecule has 0 unspecified atom stereocenters. The molecule has 1 N–H and O–H groups in total. The van der Waals surface area contributed by atoms with Crippen molar-refractivity contribution in [2.75, 3.05) is 18.5 Å². The summed E-state index contributed by atoms with van der Waals surface area (Å²) in [4.78, 5) is 13.2. The molecule has 0 saturated carbocycles. The zero-order valence-corrected chi connectivity index (χ0v) is 16.0. The number of Topliss-reactive ketones (excluding diaryl/α,β-unsaturated/α-hetero) is 1. The van der Waals surface area contributed by atoms with Gasteiger partial charge in [-0.3, -0.25) is 4.79 Å². The molecule has 1 aliphatic carbocycles. The lowest BCUT2D eigenvalue weighted by Gasteiger charge is -2.40. The number of ether oxygens (including phenoxy) is 2. The van der Waals surface area contributed by atoms with Crippen LogP contribution in [0, 0.1) is 11.2 Å². The molecule has 5 heteroatoms. The molecule has 0 aromatic heterocycles. The van der Waals surface area contributed by atoms with Crippen LogP contribution in [0.5, 0.6) is 11.5 Å². The second kappa shape index (κ2) is 6.09. The molecule has 5 rings (SSSR count). The molecule has 4 nitrogen and oxygen atoms in total. The highest BCUT2D eigenvalue weighted by molar-refractivity contribution is 6.01. The normalized spacial score (nSPS) is 22.2. The van der Waals surface area contributed by atoms with Gasteiger partial charge in [0.2, 0.25) is 0 Å². The minimum Gasteiger partial charge on any atom is -0.486 e. The molecule has 2 aromatic rings. The van der Waals surface area contributed by atoms with Gasteiger partial charge in [0.05, 0.1) is 0 Å². The molecule has 144 valence electrons. The van der Waals surface area contributed by atoms with Crippen LogP contribution in [0.2, 0.25) is 0 Å². The van der Waals surface area contributed by atoms with Crippen LogP contribution in [0.1, 0.15) is 43.7 Å². The molecule has 1 atom stereocenters. The van der Waals surface area contributed by atoms with Gasteiger partial charge in [-0.05, 0) is 41.2 Å². The van der Waals surface area contributed by atoms with Crippen LogP contribution in [0.25, 0.3) is 0 Å². The first-order valence-corrected chi connectivity index (χ1v) is 9.64. The van der Waals surface area contributed by atoms with Crippen LogP contribution in [-0.4, -0.2) is 19.0 Å². The van der Waals surface area contributed by atoms with Gasteiger partial charge in [-0.25, -0.2) is 4.39 Å². The second-order valence-electron chi connectivity index (χ2n) is 8.53. The minimum absolute atomic E-state index is 0.110. The Hall–Kier alpha value is -2.82. The van der Waals surface area contributed by atoms with Gasteiger partial charge < -0.3 is 14.8 Å². The van der Waals surface area contributed by atoms with E-state index in [2.05, 4.69) is 19.2 Å². The van der Waals surface area contributed by atoms with Crippen molar-refractivity contribution in [3.63, 3.8) is 0 Å². The average Bonchev–Trinajstić information content (AvgIpc) is 2.64. The molecule has 0 saturated heterocycles.